The summed E-state index contributed by atoms with van der Waals surface area (Å²) in [4.78, 5) is 26.9. The van der Waals surface area contributed by atoms with Crippen molar-refractivity contribution < 1.29 is 14.3 Å². The van der Waals surface area contributed by atoms with Crippen LogP contribution in [0.1, 0.15) is 16.2 Å². The second-order valence-corrected chi connectivity index (χ2v) is 4.00. The number of carbonyl (C=O) groups is 2. The molecule has 0 atom stereocenters. The fourth-order valence-corrected chi connectivity index (χ4v) is 1.61. The first-order valence-electron chi connectivity index (χ1n) is 5.90. The lowest BCUT2D eigenvalue weighted by Gasteiger charge is -2.06. The summed E-state index contributed by atoms with van der Waals surface area (Å²) in [5.41, 5.74) is 0.798. The van der Waals surface area contributed by atoms with Crippen LogP contribution in [0, 0.1) is 11.3 Å². The number of methoxy groups -OCH3 is 1. The zero-order chi connectivity index (χ0) is 15.2. The van der Waals surface area contributed by atoms with E-state index in [-0.39, 0.29) is 18.3 Å². The molecule has 1 aromatic carbocycles. The molecule has 0 saturated heterocycles. The predicted molar refractivity (Wildman–Crippen MR) is 71.1 cm³/mol. The minimum Gasteiger partial charge on any atom is -0.465 e. The molecule has 8 nitrogen and oxygen atoms in total. The maximum Gasteiger partial charge on any atom is 0.337 e. The number of nitrogens with zero attached hydrogens (tertiary/aromatic N) is 4. The third kappa shape index (κ3) is 3.63. The number of anilines is 1. The fourth-order valence-electron chi connectivity index (χ4n) is 1.61. The molecule has 0 fully saturated rings. The maximum atomic E-state index is 11.8. The number of carbonyl (C=O) groups excluding carboxylic acids is 2. The van der Waals surface area contributed by atoms with Crippen molar-refractivity contribution in [1.29, 1.82) is 5.26 Å². The number of aromatic nitrogens is 3. The summed E-state index contributed by atoms with van der Waals surface area (Å²) in [5.74, 6) is -0.845. The van der Waals surface area contributed by atoms with E-state index < -0.39 is 5.97 Å². The molecule has 0 radical (unpaired) electrons. The number of rotatable bonds is 4. The third-order valence-corrected chi connectivity index (χ3v) is 2.51. The zero-order valence-corrected chi connectivity index (χ0v) is 11.1. The Morgan fingerprint density at radius 2 is 2.29 bits per heavy atom. The molecule has 0 bridgehead atoms. The highest BCUT2D eigenvalue weighted by Crippen LogP contribution is 2.11. The molecule has 1 amide bonds. The van der Waals surface area contributed by atoms with Gasteiger partial charge >= 0.3 is 5.97 Å². The van der Waals surface area contributed by atoms with Crippen LogP contribution in [-0.2, 0) is 16.1 Å². The molecule has 1 heterocycles. The highest BCUT2D eigenvalue weighted by Gasteiger charge is 2.09. The van der Waals surface area contributed by atoms with E-state index in [0.717, 1.165) is 0 Å². The standard InChI is InChI=1S/C13H11N5O3/c1-21-13(20)9-3-2-4-10(5-9)16-12(19)7-18-8-15-11(6-14)17-18/h2-5,8H,7H2,1H3,(H,16,19). The Hall–Kier alpha value is -3.21. The van der Waals surface area contributed by atoms with E-state index in [9.17, 15) is 9.59 Å². The second-order valence-electron chi connectivity index (χ2n) is 4.00. The molecular weight excluding hydrogens is 274 g/mol. The van der Waals surface area contributed by atoms with E-state index in [4.69, 9.17) is 5.26 Å². The highest BCUT2D eigenvalue weighted by atomic mass is 16.5. The van der Waals surface area contributed by atoms with Gasteiger partial charge in [0.05, 0.1) is 12.7 Å². The Bertz CT molecular complexity index is 717. The lowest BCUT2D eigenvalue weighted by Crippen LogP contribution is -2.19. The Balaban J connectivity index is 2.02. The van der Waals surface area contributed by atoms with Crippen molar-refractivity contribution in [3.05, 3.63) is 42.0 Å². The summed E-state index contributed by atoms with van der Waals surface area (Å²) in [5, 5.41) is 15.0. The number of hydrogen-bond donors (Lipinski definition) is 1. The third-order valence-electron chi connectivity index (χ3n) is 2.51. The molecule has 0 aliphatic carbocycles. The number of amides is 1. The lowest BCUT2D eigenvalue weighted by atomic mass is 10.2. The summed E-state index contributed by atoms with van der Waals surface area (Å²) in [6, 6.07) is 8.13. The van der Waals surface area contributed by atoms with E-state index in [0.29, 0.717) is 11.3 Å². The van der Waals surface area contributed by atoms with Crippen molar-refractivity contribution in [2.45, 2.75) is 6.54 Å². The van der Waals surface area contributed by atoms with Gasteiger partial charge in [0.1, 0.15) is 18.9 Å². The van der Waals surface area contributed by atoms with Gasteiger partial charge in [0, 0.05) is 5.69 Å². The van der Waals surface area contributed by atoms with Crippen molar-refractivity contribution in [2.75, 3.05) is 12.4 Å². The van der Waals surface area contributed by atoms with Gasteiger partial charge in [0.2, 0.25) is 5.91 Å². The summed E-state index contributed by atoms with van der Waals surface area (Å²) in [6.07, 6.45) is 1.29. The summed E-state index contributed by atoms with van der Waals surface area (Å²) in [7, 11) is 1.28. The van der Waals surface area contributed by atoms with Gasteiger partial charge in [-0.25, -0.2) is 14.5 Å². The van der Waals surface area contributed by atoms with Crippen molar-refractivity contribution in [3.63, 3.8) is 0 Å². The molecule has 1 N–H and O–H groups in total. The Labute approximate surface area is 120 Å². The zero-order valence-electron chi connectivity index (χ0n) is 11.1. The van der Waals surface area contributed by atoms with E-state index >= 15 is 0 Å². The first-order valence-corrected chi connectivity index (χ1v) is 5.90. The Morgan fingerprint density at radius 3 is 2.95 bits per heavy atom. The number of hydrogen-bond acceptors (Lipinski definition) is 6. The van der Waals surface area contributed by atoms with Gasteiger partial charge in [-0.05, 0) is 18.2 Å². The lowest BCUT2D eigenvalue weighted by molar-refractivity contribution is -0.116. The van der Waals surface area contributed by atoms with Crippen LogP contribution in [-0.4, -0.2) is 33.8 Å². The summed E-state index contributed by atoms with van der Waals surface area (Å²) in [6.45, 7) is -0.0862. The highest BCUT2D eigenvalue weighted by molar-refractivity contribution is 5.94. The van der Waals surface area contributed by atoms with Gasteiger partial charge in [-0.3, -0.25) is 4.79 Å². The largest absolute Gasteiger partial charge is 0.465 e. The molecule has 0 spiro atoms. The van der Waals surface area contributed by atoms with Gasteiger partial charge in [-0.2, -0.15) is 5.26 Å². The molecule has 8 heteroatoms. The van der Waals surface area contributed by atoms with Crippen molar-refractivity contribution in [3.8, 4) is 6.07 Å². The average molecular weight is 285 g/mol. The molecule has 21 heavy (non-hydrogen) atoms. The molecule has 0 aliphatic heterocycles. The van der Waals surface area contributed by atoms with Crippen LogP contribution < -0.4 is 5.32 Å². The van der Waals surface area contributed by atoms with Gasteiger partial charge in [0.25, 0.3) is 5.82 Å². The van der Waals surface area contributed by atoms with Crippen LogP contribution in [0.15, 0.2) is 30.6 Å². The van der Waals surface area contributed by atoms with Crippen molar-refractivity contribution >= 4 is 17.6 Å². The van der Waals surface area contributed by atoms with Gasteiger partial charge in [-0.1, -0.05) is 6.07 Å². The minimum absolute atomic E-state index is 0.00418. The average Bonchev–Trinajstić information content (AvgIpc) is 2.94. The monoisotopic (exact) mass is 285 g/mol. The van der Waals surface area contributed by atoms with E-state index in [2.05, 4.69) is 20.1 Å². The minimum atomic E-state index is -0.485. The molecule has 2 aromatic rings. The first kappa shape index (κ1) is 14.2. The van der Waals surface area contributed by atoms with Crippen molar-refractivity contribution in [1.82, 2.24) is 14.8 Å². The molecular formula is C13H11N5O3. The number of ether oxygens (including phenoxy) is 1. The SMILES string of the molecule is COC(=O)c1cccc(NC(=O)Cn2cnc(C#N)n2)c1. The van der Waals surface area contributed by atoms with E-state index in [1.54, 1.807) is 24.3 Å². The molecule has 2 rings (SSSR count). The maximum absolute atomic E-state index is 11.8. The normalized spacial score (nSPS) is 9.71. The quantitative estimate of drug-likeness (QED) is 0.822. The first-order chi connectivity index (χ1) is 10.1. The topological polar surface area (TPSA) is 110 Å². The Morgan fingerprint density at radius 1 is 1.48 bits per heavy atom. The van der Waals surface area contributed by atoms with Gasteiger partial charge in [0.15, 0.2) is 0 Å². The molecule has 0 saturated carbocycles. The molecule has 106 valence electrons. The summed E-state index contributed by atoms with van der Waals surface area (Å²) < 4.78 is 5.85. The van der Waals surface area contributed by atoms with Crippen LogP contribution in [0.4, 0.5) is 5.69 Å². The molecule has 0 aliphatic rings. The summed E-state index contributed by atoms with van der Waals surface area (Å²) >= 11 is 0. The van der Waals surface area contributed by atoms with Crippen LogP contribution in [0.3, 0.4) is 0 Å². The molecule has 1 aromatic heterocycles. The van der Waals surface area contributed by atoms with E-state index in [1.165, 1.54) is 24.2 Å². The van der Waals surface area contributed by atoms with Gasteiger partial charge < -0.3 is 10.1 Å². The molecule has 0 unspecified atom stereocenters. The number of nitrogens with one attached hydrogen (secondary N) is 1. The van der Waals surface area contributed by atoms with Crippen LogP contribution >= 0.6 is 0 Å². The predicted octanol–water partition coefficient (Wildman–Crippen LogP) is 0.575. The van der Waals surface area contributed by atoms with Crippen LogP contribution in [0.2, 0.25) is 0 Å². The fraction of sp³-hybridized carbons (Fsp3) is 0.154. The Kier molecular flexibility index (Phi) is 4.26. The second kappa shape index (κ2) is 6.29. The smallest absolute Gasteiger partial charge is 0.337 e. The number of nitriles is 1. The van der Waals surface area contributed by atoms with Crippen LogP contribution in [0.25, 0.3) is 0 Å². The van der Waals surface area contributed by atoms with Crippen LogP contribution in [0.5, 0.6) is 0 Å². The number of esters is 1. The number of benzene rings is 1. The van der Waals surface area contributed by atoms with Crippen molar-refractivity contribution in [2.24, 2.45) is 0 Å². The van der Waals surface area contributed by atoms with Gasteiger partial charge in [-0.15, -0.1) is 5.10 Å². The van der Waals surface area contributed by atoms with E-state index in [1.807, 2.05) is 0 Å².